The van der Waals surface area contributed by atoms with Crippen molar-refractivity contribution in [1.82, 2.24) is 9.97 Å². The van der Waals surface area contributed by atoms with E-state index in [-0.39, 0.29) is 5.82 Å². The lowest BCUT2D eigenvalue weighted by molar-refractivity contribution is 0.627. The van der Waals surface area contributed by atoms with Gasteiger partial charge in [-0.1, -0.05) is 55.6 Å². The lowest BCUT2D eigenvalue weighted by Crippen LogP contribution is -1.94. The van der Waals surface area contributed by atoms with Gasteiger partial charge in [0.2, 0.25) is 0 Å². The lowest BCUT2D eigenvalue weighted by atomic mass is 9.98. The molecule has 3 rings (SSSR count). The van der Waals surface area contributed by atoms with Gasteiger partial charge < -0.3 is 4.98 Å². The fourth-order valence-corrected chi connectivity index (χ4v) is 2.90. The van der Waals surface area contributed by atoms with E-state index in [0.717, 1.165) is 52.3 Å². The molecule has 0 radical (unpaired) electrons. The number of aromatic nitrogens is 2. The SMILES string of the molecule is C=CC(=C)c1ccccc1-c1nc(CCc2ccc(F)cc2)[nH]c1C. The highest BCUT2D eigenvalue weighted by atomic mass is 19.1. The van der Waals surface area contributed by atoms with Gasteiger partial charge in [-0.05, 0) is 42.2 Å². The summed E-state index contributed by atoms with van der Waals surface area (Å²) >= 11 is 0. The number of nitrogens with one attached hydrogen (secondary N) is 1. The predicted octanol–water partition coefficient (Wildman–Crippen LogP) is 5.51. The van der Waals surface area contributed by atoms with Crippen molar-refractivity contribution in [3.8, 4) is 11.3 Å². The molecule has 3 aromatic rings. The monoisotopic (exact) mass is 332 g/mol. The molecule has 0 spiro atoms. The Morgan fingerprint density at radius 2 is 1.84 bits per heavy atom. The number of nitrogens with zero attached hydrogens (tertiary/aromatic N) is 1. The number of hydrogen-bond donors (Lipinski definition) is 1. The first-order valence-corrected chi connectivity index (χ1v) is 8.29. The zero-order valence-corrected chi connectivity index (χ0v) is 14.3. The molecule has 0 unspecified atom stereocenters. The van der Waals surface area contributed by atoms with Crippen molar-refractivity contribution in [2.45, 2.75) is 19.8 Å². The van der Waals surface area contributed by atoms with Crippen LogP contribution >= 0.6 is 0 Å². The summed E-state index contributed by atoms with van der Waals surface area (Å²) in [6.07, 6.45) is 3.35. The Morgan fingerprint density at radius 1 is 1.12 bits per heavy atom. The van der Waals surface area contributed by atoms with Crippen LogP contribution in [0.1, 0.15) is 22.6 Å². The molecule has 0 fully saturated rings. The number of benzene rings is 2. The van der Waals surface area contributed by atoms with E-state index in [1.165, 1.54) is 12.1 Å². The Labute approximate surface area is 147 Å². The van der Waals surface area contributed by atoms with E-state index >= 15 is 0 Å². The number of aromatic amines is 1. The van der Waals surface area contributed by atoms with E-state index in [4.69, 9.17) is 4.98 Å². The molecule has 0 bridgehead atoms. The number of H-pyrrole nitrogens is 1. The molecule has 25 heavy (non-hydrogen) atoms. The Hall–Kier alpha value is -2.94. The first-order chi connectivity index (χ1) is 12.1. The van der Waals surface area contributed by atoms with Crippen molar-refractivity contribution in [2.24, 2.45) is 0 Å². The summed E-state index contributed by atoms with van der Waals surface area (Å²) in [7, 11) is 0. The Kier molecular flexibility index (Phi) is 4.94. The van der Waals surface area contributed by atoms with Crippen LogP contribution in [0.15, 0.2) is 67.8 Å². The number of allylic oxidation sites excluding steroid dienone is 2. The van der Waals surface area contributed by atoms with Crippen molar-refractivity contribution in [1.29, 1.82) is 0 Å². The molecule has 0 atom stereocenters. The third kappa shape index (κ3) is 3.77. The van der Waals surface area contributed by atoms with Gasteiger partial charge in [0, 0.05) is 17.7 Å². The van der Waals surface area contributed by atoms with Gasteiger partial charge in [0.05, 0.1) is 5.69 Å². The smallest absolute Gasteiger partial charge is 0.123 e. The maximum Gasteiger partial charge on any atom is 0.123 e. The maximum absolute atomic E-state index is 13.0. The molecular formula is C22H21FN2. The molecule has 0 saturated heterocycles. The molecule has 0 aliphatic heterocycles. The van der Waals surface area contributed by atoms with E-state index in [9.17, 15) is 4.39 Å². The topological polar surface area (TPSA) is 28.7 Å². The number of halogens is 1. The van der Waals surface area contributed by atoms with Crippen molar-refractivity contribution < 1.29 is 4.39 Å². The Bertz CT molecular complexity index is 904. The summed E-state index contributed by atoms with van der Waals surface area (Å²) < 4.78 is 13.0. The third-order valence-electron chi connectivity index (χ3n) is 4.27. The van der Waals surface area contributed by atoms with Crippen LogP contribution < -0.4 is 0 Å². The van der Waals surface area contributed by atoms with E-state index in [0.29, 0.717) is 0 Å². The minimum Gasteiger partial charge on any atom is -0.346 e. The van der Waals surface area contributed by atoms with Gasteiger partial charge in [0.15, 0.2) is 0 Å². The standard InChI is InChI=1S/C22H21FN2/c1-4-15(2)19-7-5-6-8-20(19)22-16(3)24-21(25-22)14-11-17-9-12-18(23)13-10-17/h4-10,12-13H,1-2,11,14H2,3H3,(H,24,25). The van der Waals surface area contributed by atoms with Crippen LogP contribution in [0.4, 0.5) is 4.39 Å². The molecule has 126 valence electrons. The van der Waals surface area contributed by atoms with Crippen molar-refractivity contribution >= 4 is 5.57 Å². The van der Waals surface area contributed by atoms with E-state index in [2.05, 4.69) is 24.2 Å². The summed E-state index contributed by atoms with van der Waals surface area (Å²) in [4.78, 5) is 8.15. The molecule has 0 aliphatic carbocycles. The largest absolute Gasteiger partial charge is 0.346 e. The van der Waals surface area contributed by atoms with Gasteiger partial charge in [-0.3, -0.25) is 0 Å². The highest BCUT2D eigenvalue weighted by Crippen LogP contribution is 2.29. The molecule has 1 aromatic heterocycles. The van der Waals surface area contributed by atoms with Gasteiger partial charge in [-0.2, -0.15) is 0 Å². The summed E-state index contributed by atoms with van der Waals surface area (Å²) in [5.41, 5.74) is 6.03. The first-order valence-electron chi connectivity index (χ1n) is 8.29. The molecule has 0 amide bonds. The average Bonchev–Trinajstić information content (AvgIpc) is 3.01. The van der Waals surface area contributed by atoms with Gasteiger partial charge in [-0.25, -0.2) is 9.37 Å². The molecule has 2 aromatic carbocycles. The molecule has 3 heteroatoms. The minimum absolute atomic E-state index is 0.209. The number of rotatable bonds is 6. The van der Waals surface area contributed by atoms with Crippen molar-refractivity contribution in [2.75, 3.05) is 0 Å². The van der Waals surface area contributed by atoms with Gasteiger partial charge in [0.1, 0.15) is 11.6 Å². The lowest BCUT2D eigenvalue weighted by Gasteiger charge is -2.08. The normalized spacial score (nSPS) is 10.6. The minimum atomic E-state index is -0.209. The zero-order valence-electron chi connectivity index (χ0n) is 14.3. The second kappa shape index (κ2) is 7.31. The average molecular weight is 332 g/mol. The maximum atomic E-state index is 13.0. The molecule has 0 saturated carbocycles. The summed E-state index contributed by atoms with van der Waals surface area (Å²) in [6.45, 7) is 9.90. The first kappa shape index (κ1) is 16.9. The molecular weight excluding hydrogens is 311 g/mol. The van der Waals surface area contributed by atoms with Gasteiger partial charge in [-0.15, -0.1) is 0 Å². The molecule has 0 aliphatic rings. The number of hydrogen-bond acceptors (Lipinski definition) is 1. The van der Waals surface area contributed by atoms with Gasteiger partial charge in [0.25, 0.3) is 0 Å². The number of aryl methyl sites for hydroxylation is 3. The van der Waals surface area contributed by atoms with E-state index < -0.39 is 0 Å². The second-order valence-electron chi connectivity index (χ2n) is 6.06. The highest BCUT2D eigenvalue weighted by molar-refractivity contribution is 5.83. The summed E-state index contributed by atoms with van der Waals surface area (Å²) in [6, 6.07) is 14.7. The van der Waals surface area contributed by atoms with Crippen LogP contribution in [-0.4, -0.2) is 9.97 Å². The predicted molar refractivity (Wildman–Crippen MR) is 102 cm³/mol. The van der Waals surface area contributed by atoms with E-state index in [1.54, 1.807) is 6.08 Å². The van der Waals surface area contributed by atoms with Crippen LogP contribution in [0.5, 0.6) is 0 Å². The quantitative estimate of drug-likeness (QED) is 0.593. The number of imidazole rings is 1. The fourth-order valence-electron chi connectivity index (χ4n) is 2.90. The summed E-state index contributed by atoms with van der Waals surface area (Å²) in [5.74, 6) is 0.717. The molecule has 1 N–H and O–H groups in total. The Balaban J connectivity index is 1.85. The molecule has 1 heterocycles. The third-order valence-corrected chi connectivity index (χ3v) is 4.27. The van der Waals surface area contributed by atoms with Crippen LogP contribution in [0.2, 0.25) is 0 Å². The molecule has 2 nitrogen and oxygen atoms in total. The van der Waals surface area contributed by atoms with Crippen LogP contribution in [0.3, 0.4) is 0 Å². The van der Waals surface area contributed by atoms with Crippen molar-refractivity contribution in [3.63, 3.8) is 0 Å². The van der Waals surface area contributed by atoms with Crippen LogP contribution in [-0.2, 0) is 12.8 Å². The van der Waals surface area contributed by atoms with Crippen molar-refractivity contribution in [3.05, 3.63) is 96.2 Å². The fraction of sp³-hybridized carbons (Fsp3) is 0.136. The Morgan fingerprint density at radius 3 is 2.56 bits per heavy atom. The van der Waals surface area contributed by atoms with Crippen LogP contribution in [0, 0.1) is 12.7 Å². The van der Waals surface area contributed by atoms with Crippen LogP contribution in [0.25, 0.3) is 16.8 Å². The van der Waals surface area contributed by atoms with Gasteiger partial charge >= 0.3 is 0 Å². The summed E-state index contributed by atoms with van der Waals surface area (Å²) in [5, 5.41) is 0. The van der Waals surface area contributed by atoms with E-state index in [1.807, 2.05) is 37.3 Å². The zero-order chi connectivity index (χ0) is 17.8. The highest BCUT2D eigenvalue weighted by Gasteiger charge is 2.13. The second-order valence-corrected chi connectivity index (χ2v) is 6.06.